The lowest BCUT2D eigenvalue weighted by Crippen LogP contribution is -2.29. The molecule has 82 valence electrons. The van der Waals surface area contributed by atoms with Crippen LogP contribution >= 0.6 is 0 Å². The summed E-state index contributed by atoms with van der Waals surface area (Å²) in [6, 6.07) is 4.54. The van der Waals surface area contributed by atoms with Crippen LogP contribution in [0.4, 0.5) is 0 Å². The van der Waals surface area contributed by atoms with Crippen molar-refractivity contribution in [3.8, 4) is 0 Å². The zero-order chi connectivity index (χ0) is 11.3. The predicted molar refractivity (Wildman–Crippen MR) is 58.9 cm³/mol. The van der Waals surface area contributed by atoms with Crippen LogP contribution in [0.1, 0.15) is 30.8 Å². The topological polar surface area (TPSA) is 62.0 Å². The lowest BCUT2D eigenvalue weighted by molar-refractivity contribution is 0.0942. The molecular formula is C11H16N2O2. The van der Waals surface area contributed by atoms with Gasteiger partial charge in [0.2, 0.25) is 5.56 Å². The van der Waals surface area contributed by atoms with E-state index in [1.54, 1.807) is 12.1 Å². The molecule has 0 spiro atoms. The van der Waals surface area contributed by atoms with Crippen LogP contribution in [0.15, 0.2) is 23.0 Å². The van der Waals surface area contributed by atoms with E-state index in [2.05, 4.69) is 24.1 Å². The van der Waals surface area contributed by atoms with Gasteiger partial charge in [-0.3, -0.25) is 9.59 Å². The Kier molecular flexibility index (Phi) is 4.09. The van der Waals surface area contributed by atoms with E-state index in [-0.39, 0.29) is 11.5 Å². The van der Waals surface area contributed by atoms with Gasteiger partial charge in [0.1, 0.15) is 5.69 Å². The van der Waals surface area contributed by atoms with Gasteiger partial charge >= 0.3 is 0 Å². The van der Waals surface area contributed by atoms with Gasteiger partial charge in [-0.2, -0.15) is 0 Å². The van der Waals surface area contributed by atoms with Crippen molar-refractivity contribution >= 4 is 5.91 Å². The van der Waals surface area contributed by atoms with E-state index in [1.807, 2.05) is 0 Å². The number of H-pyrrole nitrogens is 1. The van der Waals surface area contributed by atoms with Gasteiger partial charge in [0.15, 0.2) is 0 Å². The molecule has 1 heterocycles. The summed E-state index contributed by atoms with van der Waals surface area (Å²) in [5.74, 6) is 0.220. The first kappa shape index (κ1) is 11.5. The van der Waals surface area contributed by atoms with Crippen LogP contribution in [0.5, 0.6) is 0 Å². The van der Waals surface area contributed by atoms with Crippen molar-refractivity contribution in [1.82, 2.24) is 10.3 Å². The molecular weight excluding hydrogens is 192 g/mol. The number of amides is 1. The van der Waals surface area contributed by atoms with Crippen molar-refractivity contribution in [1.29, 1.82) is 0 Å². The molecule has 0 saturated carbocycles. The first-order valence-electron chi connectivity index (χ1n) is 5.11. The molecule has 0 fully saturated rings. The molecule has 1 unspecified atom stereocenters. The highest BCUT2D eigenvalue weighted by atomic mass is 16.2. The Morgan fingerprint density at radius 1 is 1.53 bits per heavy atom. The van der Waals surface area contributed by atoms with Gasteiger partial charge < -0.3 is 10.3 Å². The Balaban J connectivity index is 2.58. The normalized spacial score (nSPS) is 12.1. The second-order valence-electron chi connectivity index (χ2n) is 3.65. The van der Waals surface area contributed by atoms with Crippen LogP contribution in [-0.2, 0) is 0 Å². The van der Waals surface area contributed by atoms with Gasteiger partial charge in [-0.15, -0.1) is 0 Å². The molecule has 0 aliphatic rings. The summed E-state index contributed by atoms with van der Waals surface area (Å²) in [5, 5.41) is 2.77. The summed E-state index contributed by atoms with van der Waals surface area (Å²) in [6.07, 6.45) is 1.02. The van der Waals surface area contributed by atoms with E-state index in [0.717, 1.165) is 6.42 Å². The average Bonchev–Trinajstić information content (AvgIpc) is 2.25. The third-order valence-electron chi connectivity index (χ3n) is 2.32. The highest BCUT2D eigenvalue weighted by molar-refractivity contribution is 5.92. The highest BCUT2D eigenvalue weighted by Gasteiger charge is 2.06. The third-order valence-corrected chi connectivity index (χ3v) is 2.32. The second-order valence-corrected chi connectivity index (χ2v) is 3.65. The van der Waals surface area contributed by atoms with Crippen molar-refractivity contribution in [2.45, 2.75) is 20.3 Å². The lowest BCUT2D eigenvalue weighted by atomic mass is 10.1. The van der Waals surface area contributed by atoms with Crippen molar-refractivity contribution in [3.05, 3.63) is 34.2 Å². The molecule has 0 aliphatic carbocycles. The summed E-state index contributed by atoms with van der Waals surface area (Å²) in [7, 11) is 0. The first-order valence-corrected chi connectivity index (χ1v) is 5.11. The SMILES string of the molecule is CCC(C)CNC(=O)c1cccc(=O)[nH]1. The molecule has 1 aromatic rings. The molecule has 2 N–H and O–H groups in total. The van der Waals surface area contributed by atoms with Crippen molar-refractivity contribution in [3.63, 3.8) is 0 Å². The summed E-state index contributed by atoms with van der Waals surface area (Å²) in [6.45, 7) is 4.77. The number of hydrogen-bond donors (Lipinski definition) is 2. The number of aromatic nitrogens is 1. The minimum atomic E-state index is -0.258. The summed E-state index contributed by atoms with van der Waals surface area (Å²) < 4.78 is 0. The highest BCUT2D eigenvalue weighted by Crippen LogP contribution is 1.98. The molecule has 1 atom stereocenters. The Bertz CT molecular complexity index is 384. The second kappa shape index (κ2) is 5.34. The fourth-order valence-electron chi connectivity index (χ4n) is 1.09. The third kappa shape index (κ3) is 3.58. The van der Waals surface area contributed by atoms with Crippen LogP contribution in [0.3, 0.4) is 0 Å². The number of hydrogen-bond acceptors (Lipinski definition) is 2. The fourth-order valence-corrected chi connectivity index (χ4v) is 1.09. The Morgan fingerprint density at radius 2 is 2.27 bits per heavy atom. The molecule has 4 nitrogen and oxygen atoms in total. The predicted octanol–water partition coefficient (Wildman–Crippen LogP) is 1.15. The van der Waals surface area contributed by atoms with E-state index in [4.69, 9.17) is 0 Å². The number of aromatic amines is 1. The molecule has 1 aromatic heterocycles. The molecule has 1 amide bonds. The van der Waals surface area contributed by atoms with Crippen molar-refractivity contribution in [2.24, 2.45) is 5.92 Å². The number of nitrogens with one attached hydrogen (secondary N) is 2. The van der Waals surface area contributed by atoms with Crippen LogP contribution in [-0.4, -0.2) is 17.4 Å². The maximum absolute atomic E-state index is 11.5. The molecule has 1 rings (SSSR count). The Morgan fingerprint density at radius 3 is 2.87 bits per heavy atom. The van der Waals surface area contributed by atoms with Crippen molar-refractivity contribution < 1.29 is 4.79 Å². The minimum absolute atomic E-state index is 0.229. The van der Waals surface area contributed by atoms with E-state index >= 15 is 0 Å². The summed E-state index contributed by atoms with van der Waals surface area (Å²) in [5.41, 5.74) is 0.0528. The van der Waals surface area contributed by atoms with E-state index in [9.17, 15) is 9.59 Å². The van der Waals surface area contributed by atoms with Gasteiger partial charge in [0.25, 0.3) is 5.91 Å². The minimum Gasteiger partial charge on any atom is -0.351 e. The zero-order valence-electron chi connectivity index (χ0n) is 9.04. The van der Waals surface area contributed by atoms with E-state index in [0.29, 0.717) is 18.2 Å². The number of pyridine rings is 1. The number of carbonyl (C=O) groups is 1. The fraction of sp³-hybridized carbons (Fsp3) is 0.455. The Hall–Kier alpha value is -1.58. The summed E-state index contributed by atoms with van der Waals surface area (Å²) in [4.78, 5) is 25.0. The average molecular weight is 208 g/mol. The van der Waals surface area contributed by atoms with Crippen LogP contribution in [0, 0.1) is 5.92 Å². The largest absolute Gasteiger partial charge is 0.351 e. The van der Waals surface area contributed by atoms with Crippen LogP contribution in [0.2, 0.25) is 0 Å². The van der Waals surface area contributed by atoms with Gasteiger partial charge in [-0.1, -0.05) is 26.3 Å². The Labute approximate surface area is 88.7 Å². The van der Waals surface area contributed by atoms with Gasteiger partial charge in [0, 0.05) is 12.6 Å². The zero-order valence-corrected chi connectivity index (χ0v) is 9.04. The number of carbonyl (C=O) groups excluding carboxylic acids is 1. The molecule has 0 bridgehead atoms. The molecule has 0 aliphatic heterocycles. The molecule has 0 aromatic carbocycles. The molecule has 15 heavy (non-hydrogen) atoms. The lowest BCUT2D eigenvalue weighted by Gasteiger charge is -2.09. The number of rotatable bonds is 4. The molecule has 4 heteroatoms. The maximum Gasteiger partial charge on any atom is 0.267 e. The maximum atomic E-state index is 11.5. The standard InChI is InChI=1S/C11H16N2O2/c1-3-8(2)7-12-11(15)9-5-4-6-10(14)13-9/h4-6,8H,3,7H2,1-2H3,(H,12,15)(H,13,14). The van der Waals surface area contributed by atoms with Crippen LogP contribution < -0.4 is 10.9 Å². The molecule has 0 saturated heterocycles. The van der Waals surface area contributed by atoms with Crippen LogP contribution in [0.25, 0.3) is 0 Å². The summed E-state index contributed by atoms with van der Waals surface area (Å²) >= 11 is 0. The smallest absolute Gasteiger partial charge is 0.267 e. The van der Waals surface area contributed by atoms with Crippen molar-refractivity contribution in [2.75, 3.05) is 6.54 Å². The monoisotopic (exact) mass is 208 g/mol. The van der Waals surface area contributed by atoms with E-state index in [1.165, 1.54) is 6.07 Å². The van der Waals surface area contributed by atoms with Gasteiger partial charge in [-0.05, 0) is 12.0 Å². The van der Waals surface area contributed by atoms with Gasteiger partial charge in [-0.25, -0.2) is 0 Å². The van der Waals surface area contributed by atoms with E-state index < -0.39 is 0 Å². The first-order chi connectivity index (χ1) is 7.13. The molecule has 0 radical (unpaired) electrons. The quantitative estimate of drug-likeness (QED) is 0.779. The van der Waals surface area contributed by atoms with Gasteiger partial charge in [0.05, 0.1) is 0 Å².